The van der Waals surface area contributed by atoms with Crippen LogP contribution in [0.4, 0.5) is 0 Å². The van der Waals surface area contributed by atoms with Crippen LogP contribution in [0.5, 0.6) is 0 Å². The first kappa shape index (κ1) is 14.2. The fraction of sp³-hybridized carbons (Fsp3) is 0.278. The number of amides is 1. The summed E-state index contributed by atoms with van der Waals surface area (Å²) in [6.45, 7) is 0.829. The quantitative estimate of drug-likeness (QED) is 0.769. The van der Waals surface area contributed by atoms with Crippen molar-refractivity contribution in [2.24, 2.45) is 0 Å². The van der Waals surface area contributed by atoms with Crippen LogP contribution in [-0.4, -0.2) is 17.4 Å². The lowest BCUT2D eigenvalue weighted by molar-refractivity contribution is 0.0735. The molecule has 0 radical (unpaired) electrons. The number of benzene rings is 2. The molecule has 1 aliphatic rings. The molecule has 1 fully saturated rings. The summed E-state index contributed by atoms with van der Waals surface area (Å²) in [6.07, 6.45) is 2.10. The Bertz CT molecular complexity index is 609. The number of likely N-dealkylation sites (tertiary alicyclic amines) is 1. The summed E-state index contributed by atoms with van der Waals surface area (Å²) < 4.78 is 0. The smallest absolute Gasteiger partial charge is 0.254 e. The third kappa shape index (κ3) is 2.96. The Labute approximate surface area is 130 Å². The molecule has 3 rings (SSSR count). The normalized spacial score (nSPS) is 18.0. The van der Waals surface area contributed by atoms with Gasteiger partial charge in [0.05, 0.1) is 6.04 Å². The number of nitrogens with zero attached hydrogens (tertiary/aromatic N) is 1. The monoisotopic (exact) mass is 299 g/mol. The van der Waals surface area contributed by atoms with Gasteiger partial charge in [-0.05, 0) is 36.1 Å². The van der Waals surface area contributed by atoms with Crippen LogP contribution in [0.3, 0.4) is 0 Å². The van der Waals surface area contributed by atoms with E-state index >= 15 is 0 Å². The maximum atomic E-state index is 12.7. The fourth-order valence-corrected chi connectivity index (χ4v) is 3.11. The van der Waals surface area contributed by atoms with Gasteiger partial charge in [-0.2, -0.15) is 0 Å². The molecule has 2 nitrogen and oxygen atoms in total. The van der Waals surface area contributed by atoms with E-state index in [-0.39, 0.29) is 11.9 Å². The molecule has 1 aliphatic heterocycles. The van der Waals surface area contributed by atoms with Crippen LogP contribution in [-0.2, 0) is 5.88 Å². The van der Waals surface area contributed by atoms with Crippen molar-refractivity contribution in [3.63, 3.8) is 0 Å². The summed E-state index contributed by atoms with van der Waals surface area (Å²) in [5.41, 5.74) is 3.00. The molecule has 2 aromatic rings. The van der Waals surface area contributed by atoms with Gasteiger partial charge in [-0.3, -0.25) is 4.79 Å². The Hall–Kier alpha value is -1.80. The zero-order valence-corrected chi connectivity index (χ0v) is 12.6. The lowest BCUT2D eigenvalue weighted by Gasteiger charge is -2.25. The topological polar surface area (TPSA) is 20.3 Å². The average molecular weight is 300 g/mol. The summed E-state index contributed by atoms with van der Waals surface area (Å²) >= 11 is 5.79. The molecule has 0 aromatic heterocycles. The van der Waals surface area contributed by atoms with E-state index in [1.165, 1.54) is 5.56 Å². The summed E-state index contributed by atoms with van der Waals surface area (Å²) in [5, 5.41) is 0. The van der Waals surface area contributed by atoms with Crippen LogP contribution in [0, 0.1) is 0 Å². The summed E-state index contributed by atoms with van der Waals surface area (Å²) in [4.78, 5) is 14.7. The molecule has 3 heteroatoms. The van der Waals surface area contributed by atoms with Crippen molar-refractivity contribution < 1.29 is 4.79 Å². The van der Waals surface area contributed by atoms with Crippen LogP contribution < -0.4 is 0 Å². The molecule has 108 valence electrons. The SMILES string of the molecule is O=C(c1ccc(CCl)cc1)N1CCCC1c1ccccc1. The average Bonchev–Trinajstić information content (AvgIpc) is 3.04. The number of alkyl halides is 1. The molecular weight excluding hydrogens is 282 g/mol. The highest BCUT2D eigenvalue weighted by Gasteiger charge is 2.30. The minimum atomic E-state index is 0.113. The molecule has 0 N–H and O–H groups in total. The molecule has 0 saturated carbocycles. The summed E-state index contributed by atoms with van der Waals surface area (Å²) in [6, 6.07) is 18.1. The van der Waals surface area contributed by atoms with Gasteiger partial charge in [0.2, 0.25) is 0 Å². The van der Waals surface area contributed by atoms with Gasteiger partial charge < -0.3 is 4.90 Å². The second-order valence-corrected chi connectivity index (χ2v) is 5.67. The number of hydrogen-bond donors (Lipinski definition) is 0. The number of carbonyl (C=O) groups excluding carboxylic acids is 1. The van der Waals surface area contributed by atoms with Gasteiger partial charge >= 0.3 is 0 Å². The molecule has 1 unspecified atom stereocenters. The molecule has 2 aromatic carbocycles. The first-order chi connectivity index (χ1) is 10.3. The van der Waals surface area contributed by atoms with Crippen LogP contribution >= 0.6 is 11.6 Å². The Balaban J connectivity index is 1.82. The van der Waals surface area contributed by atoms with E-state index in [0.29, 0.717) is 5.88 Å². The van der Waals surface area contributed by atoms with Crippen LogP contribution in [0.2, 0.25) is 0 Å². The lowest BCUT2D eigenvalue weighted by atomic mass is 10.0. The van der Waals surface area contributed by atoms with Crippen LogP contribution in [0.1, 0.15) is 40.4 Å². The Morgan fingerprint density at radius 2 is 1.81 bits per heavy atom. The minimum absolute atomic E-state index is 0.113. The third-order valence-corrected chi connectivity index (χ3v) is 4.36. The highest BCUT2D eigenvalue weighted by atomic mass is 35.5. The maximum absolute atomic E-state index is 12.7. The van der Waals surface area contributed by atoms with Gasteiger partial charge in [-0.15, -0.1) is 11.6 Å². The van der Waals surface area contributed by atoms with Crippen molar-refractivity contribution >= 4 is 17.5 Å². The van der Waals surface area contributed by atoms with Gasteiger partial charge in [-0.25, -0.2) is 0 Å². The molecule has 1 amide bonds. The van der Waals surface area contributed by atoms with Crippen LogP contribution in [0.25, 0.3) is 0 Å². The van der Waals surface area contributed by atoms with E-state index in [2.05, 4.69) is 12.1 Å². The zero-order valence-electron chi connectivity index (χ0n) is 11.8. The van der Waals surface area contributed by atoms with Crippen molar-refractivity contribution in [3.8, 4) is 0 Å². The van der Waals surface area contributed by atoms with Crippen molar-refractivity contribution in [3.05, 3.63) is 71.3 Å². The predicted molar refractivity (Wildman–Crippen MR) is 85.5 cm³/mol. The van der Waals surface area contributed by atoms with Crippen molar-refractivity contribution in [2.45, 2.75) is 24.8 Å². The second kappa shape index (κ2) is 6.31. The second-order valence-electron chi connectivity index (χ2n) is 5.40. The van der Waals surface area contributed by atoms with E-state index in [1.807, 2.05) is 47.4 Å². The molecular formula is C18H18ClNO. The molecule has 0 bridgehead atoms. The number of rotatable bonds is 3. The highest BCUT2D eigenvalue weighted by Crippen LogP contribution is 2.32. The van der Waals surface area contributed by atoms with E-state index < -0.39 is 0 Å². The number of hydrogen-bond acceptors (Lipinski definition) is 1. The van der Waals surface area contributed by atoms with E-state index in [9.17, 15) is 4.79 Å². The predicted octanol–water partition coefficient (Wildman–Crippen LogP) is 4.40. The van der Waals surface area contributed by atoms with Gasteiger partial charge in [-0.1, -0.05) is 42.5 Å². The molecule has 1 saturated heterocycles. The first-order valence-corrected chi connectivity index (χ1v) is 7.84. The summed E-state index contributed by atoms with van der Waals surface area (Å²) in [7, 11) is 0. The molecule has 21 heavy (non-hydrogen) atoms. The lowest BCUT2D eigenvalue weighted by Crippen LogP contribution is -2.30. The van der Waals surface area contributed by atoms with Crippen molar-refractivity contribution in [1.82, 2.24) is 4.90 Å². The van der Waals surface area contributed by atoms with Crippen LogP contribution in [0.15, 0.2) is 54.6 Å². The standard InChI is InChI=1S/C18H18ClNO/c19-13-14-8-10-16(11-9-14)18(21)20-12-4-7-17(20)15-5-2-1-3-6-15/h1-3,5-6,8-11,17H,4,7,12-13H2. The highest BCUT2D eigenvalue weighted by molar-refractivity contribution is 6.17. The van der Waals surface area contributed by atoms with Crippen molar-refractivity contribution in [2.75, 3.05) is 6.54 Å². The van der Waals surface area contributed by atoms with Gasteiger partial charge in [0.1, 0.15) is 0 Å². The number of halogens is 1. The Morgan fingerprint density at radius 3 is 2.48 bits per heavy atom. The van der Waals surface area contributed by atoms with Gasteiger partial charge in [0, 0.05) is 18.0 Å². The molecule has 1 heterocycles. The fourth-order valence-electron chi connectivity index (χ4n) is 2.93. The third-order valence-electron chi connectivity index (χ3n) is 4.05. The van der Waals surface area contributed by atoms with Crippen molar-refractivity contribution in [1.29, 1.82) is 0 Å². The van der Waals surface area contributed by atoms with E-state index in [0.717, 1.165) is 30.5 Å². The largest absolute Gasteiger partial charge is 0.332 e. The minimum Gasteiger partial charge on any atom is -0.332 e. The molecule has 1 atom stereocenters. The molecule has 0 aliphatic carbocycles. The van der Waals surface area contributed by atoms with E-state index in [1.54, 1.807) is 0 Å². The Morgan fingerprint density at radius 1 is 1.10 bits per heavy atom. The Kier molecular flexibility index (Phi) is 4.26. The molecule has 0 spiro atoms. The summed E-state index contributed by atoms with van der Waals surface area (Å²) in [5.74, 6) is 0.590. The van der Waals surface area contributed by atoms with Gasteiger partial charge in [0.25, 0.3) is 5.91 Å². The zero-order chi connectivity index (χ0) is 14.7. The maximum Gasteiger partial charge on any atom is 0.254 e. The van der Waals surface area contributed by atoms with Gasteiger partial charge in [0.15, 0.2) is 0 Å². The van der Waals surface area contributed by atoms with E-state index in [4.69, 9.17) is 11.6 Å². The first-order valence-electron chi connectivity index (χ1n) is 7.30. The number of carbonyl (C=O) groups is 1.